The molecule has 1 aliphatic carbocycles. The number of imidazole rings is 1. The average molecular weight is 290 g/mol. The van der Waals surface area contributed by atoms with E-state index in [9.17, 15) is 9.59 Å². The number of carbonyl (C=O) groups is 2. The van der Waals surface area contributed by atoms with Crippen LogP contribution in [0.1, 0.15) is 49.4 Å². The van der Waals surface area contributed by atoms with Gasteiger partial charge in [0.25, 0.3) is 0 Å². The monoisotopic (exact) mass is 290 g/mol. The maximum Gasteiger partial charge on any atom is 0.353 e. The topological polar surface area (TPSA) is 107 Å². The maximum atomic E-state index is 12.1. The van der Waals surface area contributed by atoms with Crippen molar-refractivity contribution in [2.75, 3.05) is 0 Å². The number of aromatic amines is 1. The van der Waals surface area contributed by atoms with E-state index in [2.05, 4.69) is 26.5 Å². The fourth-order valence-corrected chi connectivity index (χ4v) is 2.19. The number of aromatic nitrogens is 2. The van der Waals surface area contributed by atoms with Crippen molar-refractivity contribution >= 4 is 12.0 Å². The van der Waals surface area contributed by atoms with Crippen molar-refractivity contribution in [2.45, 2.75) is 44.2 Å². The van der Waals surface area contributed by atoms with Crippen molar-refractivity contribution in [1.29, 1.82) is 0 Å². The molecule has 21 heavy (non-hydrogen) atoms. The minimum absolute atomic E-state index is 0.00226. The smallest absolute Gasteiger partial charge is 0.353 e. The molecule has 0 aromatic carbocycles. The number of hydrogen-bond acceptors (Lipinski definition) is 3. The van der Waals surface area contributed by atoms with Gasteiger partial charge in [0.2, 0.25) is 0 Å². The second-order valence-electron chi connectivity index (χ2n) is 5.73. The summed E-state index contributed by atoms with van der Waals surface area (Å²) in [7, 11) is 0. The van der Waals surface area contributed by atoms with Crippen LogP contribution >= 0.6 is 0 Å². The van der Waals surface area contributed by atoms with E-state index >= 15 is 0 Å². The van der Waals surface area contributed by atoms with Gasteiger partial charge in [-0.3, -0.25) is 0 Å². The Morgan fingerprint density at radius 2 is 2.19 bits per heavy atom. The number of aromatic carboxylic acids is 1. The van der Waals surface area contributed by atoms with Gasteiger partial charge in [-0.15, -0.1) is 6.42 Å². The van der Waals surface area contributed by atoms with Gasteiger partial charge in [-0.25, -0.2) is 14.6 Å². The summed E-state index contributed by atoms with van der Waals surface area (Å²) in [5, 5.41) is 14.5. The lowest BCUT2D eigenvalue weighted by molar-refractivity contribution is 0.0690. The summed E-state index contributed by atoms with van der Waals surface area (Å²) < 4.78 is 0. The molecule has 0 atom stereocenters. The summed E-state index contributed by atoms with van der Waals surface area (Å²) in [5.41, 5.74) is -1.41. The number of urea groups is 1. The minimum atomic E-state index is -1.08. The number of terminal acetylenes is 1. The summed E-state index contributed by atoms with van der Waals surface area (Å²) in [6.45, 7) is 3.44. The molecular weight excluding hydrogens is 272 g/mol. The fourth-order valence-electron chi connectivity index (χ4n) is 2.19. The van der Waals surface area contributed by atoms with Gasteiger partial charge in [0.1, 0.15) is 11.5 Å². The Hall–Kier alpha value is -2.49. The predicted molar refractivity (Wildman–Crippen MR) is 75.7 cm³/mol. The molecule has 0 radical (unpaired) electrons. The van der Waals surface area contributed by atoms with E-state index in [-0.39, 0.29) is 5.69 Å². The SMILES string of the molecule is C#CC(C)(C)NC(=O)NC1(c2ncc(C(=O)O)[nH]2)CCC1. The van der Waals surface area contributed by atoms with E-state index in [0.717, 1.165) is 6.42 Å². The zero-order valence-corrected chi connectivity index (χ0v) is 12.0. The van der Waals surface area contributed by atoms with Crippen LogP contribution in [0.4, 0.5) is 4.79 Å². The van der Waals surface area contributed by atoms with Gasteiger partial charge in [-0.1, -0.05) is 5.92 Å². The van der Waals surface area contributed by atoms with Crippen LogP contribution < -0.4 is 10.6 Å². The summed E-state index contributed by atoms with van der Waals surface area (Å²) >= 11 is 0. The quantitative estimate of drug-likeness (QED) is 0.625. The van der Waals surface area contributed by atoms with E-state index in [1.54, 1.807) is 13.8 Å². The standard InChI is InChI=1S/C14H18N4O3/c1-4-13(2,3)17-12(21)18-14(6-5-7-14)11-15-8-9(16-11)10(19)20/h1,8H,5-7H2,2-3H3,(H,15,16)(H,19,20)(H2,17,18,21). The van der Waals surface area contributed by atoms with Crippen molar-refractivity contribution in [1.82, 2.24) is 20.6 Å². The van der Waals surface area contributed by atoms with Crippen LogP contribution in [0.5, 0.6) is 0 Å². The van der Waals surface area contributed by atoms with Gasteiger partial charge < -0.3 is 20.7 Å². The molecule has 0 bridgehead atoms. The van der Waals surface area contributed by atoms with E-state index in [4.69, 9.17) is 11.5 Å². The van der Waals surface area contributed by atoms with Crippen LogP contribution in [0.2, 0.25) is 0 Å². The van der Waals surface area contributed by atoms with E-state index in [1.807, 2.05) is 0 Å². The molecule has 1 aromatic heterocycles. The number of rotatable bonds is 4. The lowest BCUT2D eigenvalue weighted by atomic mass is 9.76. The average Bonchev–Trinajstić information content (AvgIpc) is 2.83. The molecule has 2 amide bonds. The first-order chi connectivity index (χ1) is 9.78. The first-order valence-electron chi connectivity index (χ1n) is 6.65. The van der Waals surface area contributed by atoms with Crippen molar-refractivity contribution < 1.29 is 14.7 Å². The number of amides is 2. The van der Waals surface area contributed by atoms with Gasteiger partial charge in [-0.05, 0) is 33.1 Å². The Labute approximate surface area is 122 Å². The van der Waals surface area contributed by atoms with Crippen molar-refractivity contribution in [3.05, 3.63) is 17.7 Å². The largest absolute Gasteiger partial charge is 0.477 e. The molecule has 7 nitrogen and oxygen atoms in total. The van der Waals surface area contributed by atoms with Crippen LogP contribution in [-0.4, -0.2) is 32.6 Å². The molecule has 2 rings (SSSR count). The summed E-state index contributed by atoms with van der Waals surface area (Å²) in [4.78, 5) is 29.8. The molecule has 1 aromatic rings. The minimum Gasteiger partial charge on any atom is -0.477 e. The number of carboxylic acid groups (broad SMARTS) is 1. The third kappa shape index (κ3) is 2.99. The lowest BCUT2D eigenvalue weighted by Gasteiger charge is -2.41. The molecule has 112 valence electrons. The van der Waals surface area contributed by atoms with Crippen molar-refractivity contribution in [3.63, 3.8) is 0 Å². The molecule has 0 saturated heterocycles. The van der Waals surface area contributed by atoms with Gasteiger partial charge in [0, 0.05) is 0 Å². The van der Waals surface area contributed by atoms with Gasteiger partial charge in [0.05, 0.1) is 17.3 Å². The highest BCUT2D eigenvalue weighted by molar-refractivity contribution is 5.85. The van der Waals surface area contributed by atoms with Crippen molar-refractivity contribution in [3.8, 4) is 12.3 Å². The normalized spacial score (nSPS) is 16.4. The molecule has 1 saturated carbocycles. The first kappa shape index (κ1) is 14.9. The van der Waals surface area contributed by atoms with Crippen LogP contribution in [0.3, 0.4) is 0 Å². The molecule has 4 N–H and O–H groups in total. The number of hydrogen-bond donors (Lipinski definition) is 4. The first-order valence-corrected chi connectivity index (χ1v) is 6.65. The van der Waals surface area contributed by atoms with Crippen LogP contribution in [0.15, 0.2) is 6.20 Å². The zero-order chi connectivity index (χ0) is 15.7. The Morgan fingerprint density at radius 1 is 1.52 bits per heavy atom. The maximum absolute atomic E-state index is 12.1. The Kier molecular flexibility index (Phi) is 3.64. The lowest BCUT2D eigenvalue weighted by Crippen LogP contribution is -2.57. The highest BCUT2D eigenvalue weighted by Gasteiger charge is 2.43. The summed E-state index contributed by atoms with van der Waals surface area (Å²) in [6, 6.07) is -0.397. The highest BCUT2D eigenvalue weighted by atomic mass is 16.4. The highest BCUT2D eigenvalue weighted by Crippen LogP contribution is 2.39. The second kappa shape index (κ2) is 5.13. The van der Waals surface area contributed by atoms with Crippen LogP contribution in [0, 0.1) is 12.3 Å². The fraction of sp³-hybridized carbons (Fsp3) is 0.500. The molecular formula is C14H18N4O3. The van der Waals surface area contributed by atoms with E-state index in [1.165, 1.54) is 6.20 Å². The third-order valence-electron chi connectivity index (χ3n) is 3.61. The molecule has 0 unspecified atom stereocenters. The van der Waals surface area contributed by atoms with Gasteiger partial charge in [0.15, 0.2) is 0 Å². The molecule has 1 aliphatic rings. The molecule has 0 aliphatic heterocycles. The number of nitrogens with one attached hydrogen (secondary N) is 3. The molecule has 1 fully saturated rings. The number of H-pyrrole nitrogens is 1. The zero-order valence-electron chi connectivity index (χ0n) is 12.0. The third-order valence-corrected chi connectivity index (χ3v) is 3.61. The predicted octanol–water partition coefficient (Wildman–Crippen LogP) is 1.20. The van der Waals surface area contributed by atoms with E-state index < -0.39 is 23.1 Å². The Balaban J connectivity index is 2.13. The number of carboxylic acids is 1. The number of carbonyl (C=O) groups excluding carboxylic acids is 1. The van der Waals surface area contributed by atoms with Gasteiger partial charge >= 0.3 is 12.0 Å². The van der Waals surface area contributed by atoms with Crippen LogP contribution in [0.25, 0.3) is 0 Å². The van der Waals surface area contributed by atoms with Crippen molar-refractivity contribution in [2.24, 2.45) is 0 Å². The number of nitrogens with zero attached hydrogens (tertiary/aromatic N) is 1. The Bertz CT molecular complexity index is 608. The second-order valence-corrected chi connectivity index (χ2v) is 5.73. The molecule has 7 heteroatoms. The Morgan fingerprint density at radius 3 is 2.62 bits per heavy atom. The summed E-state index contributed by atoms with van der Waals surface area (Å²) in [6.07, 6.45) is 8.92. The summed E-state index contributed by atoms with van der Waals surface area (Å²) in [5.74, 6) is 1.86. The van der Waals surface area contributed by atoms with Gasteiger partial charge in [-0.2, -0.15) is 0 Å². The molecule has 0 spiro atoms. The molecule has 1 heterocycles. The van der Waals surface area contributed by atoms with Crippen LogP contribution in [-0.2, 0) is 5.54 Å². The van der Waals surface area contributed by atoms with E-state index in [0.29, 0.717) is 18.7 Å².